The topological polar surface area (TPSA) is 627 Å². The molecule has 0 spiro atoms. The van der Waals surface area contributed by atoms with Crippen molar-refractivity contribution in [3.63, 3.8) is 0 Å². The predicted octanol–water partition coefficient (Wildman–Crippen LogP) is -9.56. The minimum absolute atomic E-state index is 0.00158. The Morgan fingerprint density at radius 3 is 0.703 bits per heavy atom. The number of carbonyl (C=O) groups excluding carboxylic acids is 7. The number of aliphatic imine (C=N–C) groups is 6. The van der Waals surface area contributed by atoms with Crippen molar-refractivity contribution in [2.75, 3.05) is 45.8 Å². The molecule has 0 aliphatic rings. The lowest BCUT2D eigenvalue weighted by molar-refractivity contribution is -0.138. The summed E-state index contributed by atoms with van der Waals surface area (Å²) >= 11 is 0. The van der Waals surface area contributed by atoms with Gasteiger partial charge in [0.25, 0.3) is 0 Å². The Hall–Kier alpha value is -8.62. The summed E-state index contributed by atoms with van der Waals surface area (Å²) in [5.41, 5.74) is 65.6. The molecule has 0 heterocycles. The maximum absolute atomic E-state index is 14.4. The lowest BCUT2D eigenvalue weighted by Crippen LogP contribution is -2.59. The minimum atomic E-state index is -1.46. The van der Waals surface area contributed by atoms with Crippen LogP contribution in [0.2, 0.25) is 0 Å². The molecule has 0 saturated heterocycles. The largest absolute Gasteiger partial charge is 0.480 e. The molecule has 0 radical (unpaired) electrons. The van der Waals surface area contributed by atoms with Crippen molar-refractivity contribution in [3.05, 3.63) is 0 Å². The van der Waals surface area contributed by atoms with Crippen molar-refractivity contribution in [1.82, 2.24) is 37.2 Å². The van der Waals surface area contributed by atoms with E-state index in [-0.39, 0.29) is 152 Å². The van der Waals surface area contributed by atoms with Crippen molar-refractivity contribution >= 4 is 83.1 Å². The van der Waals surface area contributed by atoms with Crippen molar-refractivity contribution in [3.8, 4) is 0 Å². The summed E-state index contributed by atoms with van der Waals surface area (Å²) in [6.07, 6.45) is 0.384. The van der Waals surface area contributed by atoms with Crippen molar-refractivity contribution in [2.45, 2.75) is 120 Å². The van der Waals surface area contributed by atoms with E-state index in [0.29, 0.717) is 0 Å². The van der Waals surface area contributed by atoms with Gasteiger partial charge in [-0.2, -0.15) is 0 Å². The first-order chi connectivity index (χ1) is 34.8. The molecule has 7 amide bonds. The predicted molar refractivity (Wildman–Crippen MR) is 277 cm³/mol. The van der Waals surface area contributed by atoms with Gasteiger partial charge in [-0.05, 0) is 77.0 Å². The number of nitrogens with one attached hydrogen (secondary N) is 7. The first-order valence-corrected chi connectivity index (χ1v) is 23.4. The molecule has 0 unspecified atom stereocenters. The van der Waals surface area contributed by atoms with E-state index in [2.05, 4.69) is 67.2 Å². The number of amides is 7. The molecule has 0 aliphatic carbocycles. The Balaban J connectivity index is 7.13. The molecular weight excluding hydrogens is 975 g/mol. The smallest absolute Gasteiger partial charge is 0.322 e. The van der Waals surface area contributed by atoms with Gasteiger partial charge < -0.3 is 111 Å². The van der Waals surface area contributed by atoms with E-state index < -0.39 is 90.1 Å². The molecule has 6 atom stereocenters. The molecule has 418 valence electrons. The van der Waals surface area contributed by atoms with Crippen LogP contribution in [-0.2, 0) is 38.4 Å². The molecule has 0 aromatic carbocycles. The van der Waals surface area contributed by atoms with Gasteiger partial charge in [0.2, 0.25) is 41.4 Å². The van der Waals surface area contributed by atoms with Gasteiger partial charge in [-0.3, -0.25) is 68.3 Å². The number of rotatable bonds is 38. The van der Waals surface area contributed by atoms with Gasteiger partial charge in [0, 0.05) is 46.2 Å². The van der Waals surface area contributed by atoms with E-state index >= 15 is 0 Å². The molecule has 0 aromatic rings. The molecule has 0 bridgehead atoms. The van der Waals surface area contributed by atoms with Crippen LogP contribution in [0.3, 0.4) is 0 Å². The number of nitrogens with zero attached hydrogens (tertiary/aromatic N) is 6. The molecule has 0 aliphatic heterocycles. The third kappa shape index (κ3) is 33.1. The zero-order chi connectivity index (χ0) is 56.2. The molecule has 0 saturated carbocycles. The maximum Gasteiger partial charge on any atom is 0.322 e. The summed E-state index contributed by atoms with van der Waals surface area (Å²) in [6, 6.07) is -8.14. The number of nitrogens with two attached hydrogens (primary N) is 12. The van der Waals surface area contributed by atoms with Crippen molar-refractivity contribution in [1.29, 1.82) is 0 Å². The summed E-state index contributed by atoms with van der Waals surface area (Å²) in [7, 11) is 0. The van der Waals surface area contributed by atoms with Crippen LogP contribution in [0.5, 0.6) is 0 Å². The zero-order valence-electron chi connectivity index (χ0n) is 41.7. The number of aliphatic carboxylic acids is 1. The maximum atomic E-state index is 14.4. The normalized spacial score (nSPS) is 12.9. The first-order valence-electron chi connectivity index (χ1n) is 23.4. The lowest BCUT2D eigenvalue weighted by Gasteiger charge is -2.28. The highest BCUT2D eigenvalue weighted by molar-refractivity contribution is 5.97. The summed E-state index contributed by atoms with van der Waals surface area (Å²) in [5.74, 6) is -8.49. The monoisotopic (exact) mass is 1050 g/mol. The first kappa shape index (κ1) is 65.4. The molecule has 74 heavy (non-hydrogen) atoms. The number of carbonyl (C=O) groups is 8. The summed E-state index contributed by atoms with van der Waals surface area (Å²) < 4.78 is 0. The van der Waals surface area contributed by atoms with Crippen LogP contribution < -0.4 is 106 Å². The molecule has 34 heteroatoms. The second-order valence-corrected chi connectivity index (χ2v) is 16.4. The second kappa shape index (κ2) is 37.2. The molecular formula is C40H79N25O9. The van der Waals surface area contributed by atoms with Crippen LogP contribution in [0.4, 0.5) is 0 Å². The molecule has 34 nitrogen and oxygen atoms in total. The zero-order valence-corrected chi connectivity index (χ0v) is 41.7. The van der Waals surface area contributed by atoms with Gasteiger partial charge in [-0.1, -0.05) is 0 Å². The van der Waals surface area contributed by atoms with Crippen LogP contribution in [0.15, 0.2) is 30.0 Å². The molecule has 32 N–H and O–H groups in total. The molecule has 0 fully saturated rings. The van der Waals surface area contributed by atoms with Crippen molar-refractivity contribution < 1.29 is 43.5 Å². The quantitative estimate of drug-likeness (QED) is 0.0155. The van der Waals surface area contributed by atoms with Crippen LogP contribution >= 0.6 is 0 Å². The fourth-order valence-electron chi connectivity index (χ4n) is 6.53. The fraction of sp³-hybridized carbons (Fsp3) is 0.650. The number of carboxylic acids is 1. The standard InChI is InChI=1S/C40H79N25O9/c1-21(66)60-23(9-3-15-54-36(43)44)30(70)62-25(11-5-17-56-38(47)48)32(72)64-27(13-7-19-58-40(51)52)34(74)65-26(12-6-18-57-39(49)50)33(73)63-24(10-4-16-55-37(45)46)31(71)61-22(8-2-14-53-35(41)42)29(69)59-20-28(67)68/h22-27H,2-20H2,1H3,(H,59,69)(H,60,66)(H,61,71)(H,62,70)(H,63,73)(H,64,72)(H,65,74)(H,67,68)(H4,41,42,53)(H4,43,44,54)(H4,45,46,55)(H4,47,48,56)(H4,49,50,57)(H4,51,52,58)/t22-,23-,24-,25-,26-,27-/m0/s1. The third-order valence-corrected chi connectivity index (χ3v) is 9.94. The summed E-state index contributed by atoms with van der Waals surface area (Å²) in [5, 5.41) is 26.9. The van der Waals surface area contributed by atoms with E-state index in [1.807, 2.05) is 0 Å². The highest BCUT2D eigenvalue weighted by atomic mass is 16.4. The van der Waals surface area contributed by atoms with Gasteiger partial charge in [0.15, 0.2) is 35.8 Å². The van der Waals surface area contributed by atoms with E-state index in [1.54, 1.807) is 0 Å². The van der Waals surface area contributed by atoms with E-state index in [1.165, 1.54) is 6.92 Å². The van der Waals surface area contributed by atoms with Crippen LogP contribution in [0.1, 0.15) is 84.0 Å². The Bertz CT molecular complexity index is 2010. The van der Waals surface area contributed by atoms with Crippen LogP contribution in [-0.4, -0.2) is 170 Å². The molecule has 0 rings (SSSR count). The lowest BCUT2D eigenvalue weighted by atomic mass is 10.0. The Labute approximate surface area is 427 Å². The summed E-state index contributed by atoms with van der Waals surface area (Å²) in [4.78, 5) is 130. The molecule has 0 aromatic heterocycles. The summed E-state index contributed by atoms with van der Waals surface area (Å²) in [6.45, 7) is 0.643. The third-order valence-electron chi connectivity index (χ3n) is 9.94. The SMILES string of the molecule is CC(=O)N[C@@H](CCCN=C(N)N)C(=O)N[C@@H](CCCN=C(N)N)C(=O)N[C@@H](CCCN=C(N)N)C(=O)N[C@@H](CCCN=C(N)N)C(=O)N[C@@H](CCCN=C(N)N)C(=O)N[C@@H](CCCN=C(N)N)C(=O)NCC(=O)O. The van der Waals surface area contributed by atoms with Gasteiger partial charge in [0.05, 0.1) is 0 Å². The highest BCUT2D eigenvalue weighted by Gasteiger charge is 2.33. The van der Waals surface area contributed by atoms with E-state index in [0.717, 1.165) is 0 Å². The second-order valence-electron chi connectivity index (χ2n) is 16.4. The number of guanidine groups is 6. The Kier molecular flexibility index (Phi) is 32.9. The Morgan fingerprint density at radius 1 is 0.338 bits per heavy atom. The number of hydrogen-bond donors (Lipinski definition) is 20. The number of hydrogen-bond acceptors (Lipinski definition) is 14. The van der Waals surface area contributed by atoms with Crippen LogP contribution in [0.25, 0.3) is 0 Å². The highest BCUT2D eigenvalue weighted by Crippen LogP contribution is 2.10. The Morgan fingerprint density at radius 2 is 0.527 bits per heavy atom. The fourth-order valence-corrected chi connectivity index (χ4v) is 6.53. The van der Waals surface area contributed by atoms with E-state index in [9.17, 15) is 38.4 Å². The average molecular weight is 1050 g/mol. The minimum Gasteiger partial charge on any atom is -0.480 e. The average Bonchev–Trinajstić information content (AvgIpc) is 3.30. The van der Waals surface area contributed by atoms with Gasteiger partial charge in [-0.25, -0.2) is 0 Å². The van der Waals surface area contributed by atoms with E-state index in [4.69, 9.17) is 73.9 Å². The number of carboxylic acid groups (broad SMARTS) is 1. The van der Waals surface area contributed by atoms with Gasteiger partial charge in [0.1, 0.15) is 42.8 Å². The van der Waals surface area contributed by atoms with Gasteiger partial charge >= 0.3 is 5.97 Å². The van der Waals surface area contributed by atoms with Gasteiger partial charge in [-0.15, -0.1) is 0 Å². The van der Waals surface area contributed by atoms with Crippen molar-refractivity contribution in [2.24, 2.45) is 98.8 Å². The van der Waals surface area contributed by atoms with Crippen LogP contribution in [0, 0.1) is 0 Å².